The van der Waals surface area contributed by atoms with Crippen LogP contribution in [0.15, 0.2) is 77.8 Å². The van der Waals surface area contributed by atoms with Gasteiger partial charge in [0.25, 0.3) is 5.91 Å². The van der Waals surface area contributed by atoms with Crippen LogP contribution in [0.25, 0.3) is 0 Å². The molecule has 4 nitrogen and oxygen atoms in total. The number of amides is 1. The molecule has 1 amide bonds. The summed E-state index contributed by atoms with van der Waals surface area (Å²) in [7, 11) is 0. The van der Waals surface area contributed by atoms with Gasteiger partial charge in [-0.1, -0.05) is 80.4 Å². The van der Waals surface area contributed by atoms with E-state index < -0.39 is 0 Å². The van der Waals surface area contributed by atoms with Gasteiger partial charge in [-0.2, -0.15) is 0 Å². The Balaban J connectivity index is 1.44. The second-order valence-electron chi connectivity index (χ2n) is 11.1. The number of hydrogen-bond acceptors (Lipinski definition) is 4. The summed E-state index contributed by atoms with van der Waals surface area (Å²) in [6.45, 7) is 7.24. The average Bonchev–Trinajstić information content (AvgIpc) is 3.31. The van der Waals surface area contributed by atoms with Crippen LogP contribution in [0.5, 0.6) is 5.75 Å². The van der Waals surface area contributed by atoms with Crippen LogP contribution in [0.4, 0.5) is 10.7 Å². The lowest BCUT2D eigenvalue weighted by atomic mass is 9.72. The molecule has 0 bridgehead atoms. The first-order chi connectivity index (χ1) is 19.2. The summed E-state index contributed by atoms with van der Waals surface area (Å²) in [5.74, 6) is 1.15. The van der Waals surface area contributed by atoms with Crippen molar-refractivity contribution in [2.24, 2.45) is 16.3 Å². The van der Waals surface area contributed by atoms with Crippen LogP contribution >= 0.6 is 34.5 Å². The first kappa shape index (κ1) is 28.4. The first-order valence-corrected chi connectivity index (χ1v) is 15.0. The van der Waals surface area contributed by atoms with Crippen LogP contribution in [-0.2, 0) is 19.4 Å². The van der Waals surface area contributed by atoms with Gasteiger partial charge in [0.15, 0.2) is 0 Å². The molecule has 3 aromatic carbocycles. The molecule has 1 heterocycles. The van der Waals surface area contributed by atoms with Gasteiger partial charge in [0.05, 0.1) is 15.6 Å². The van der Waals surface area contributed by atoms with Crippen molar-refractivity contribution in [2.45, 2.75) is 46.6 Å². The maximum absolute atomic E-state index is 13.6. The lowest BCUT2D eigenvalue weighted by Gasteiger charge is -2.33. The van der Waals surface area contributed by atoms with E-state index >= 15 is 0 Å². The highest BCUT2D eigenvalue weighted by molar-refractivity contribution is 7.16. The van der Waals surface area contributed by atoms with Crippen molar-refractivity contribution in [2.75, 3.05) is 5.32 Å². The molecular weight excluding hydrogens is 559 g/mol. The Labute approximate surface area is 250 Å². The molecule has 0 fully saturated rings. The van der Waals surface area contributed by atoms with Gasteiger partial charge in [-0.05, 0) is 78.1 Å². The molecule has 1 aliphatic rings. The molecule has 206 valence electrons. The number of aliphatic imine (C=N–C) groups is 1. The molecule has 0 saturated carbocycles. The van der Waals surface area contributed by atoms with Crippen molar-refractivity contribution in [3.8, 4) is 5.75 Å². The van der Waals surface area contributed by atoms with Crippen LogP contribution in [0.3, 0.4) is 0 Å². The molecule has 1 N–H and O–H groups in total. The van der Waals surface area contributed by atoms with Gasteiger partial charge >= 0.3 is 0 Å². The minimum atomic E-state index is -0.116. The molecule has 0 spiro atoms. The molecule has 4 aromatic rings. The fourth-order valence-electron chi connectivity index (χ4n) is 4.99. The van der Waals surface area contributed by atoms with E-state index in [0.717, 1.165) is 46.6 Å². The van der Waals surface area contributed by atoms with Gasteiger partial charge < -0.3 is 10.1 Å². The third-order valence-corrected chi connectivity index (χ3v) is 9.25. The van der Waals surface area contributed by atoms with E-state index in [1.54, 1.807) is 29.7 Å². The maximum atomic E-state index is 13.6. The number of rotatable bonds is 7. The lowest BCUT2D eigenvalue weighted by Crippen LogP contribution is -2.27. The molecular formula is C33H32Cl2N2O2S. The van der Waals surface area contributed by atoms with Crippen molar-refractivity contribution >= 4 is 57.3 Å². The highest BCUT2D eigenvalue weighted by Crippen LogP contribution is 2.45. The molecule has 1 atom stereocenters. The Kier molecular flexibility index (Phi) is 8.65. The third kappa shape index (κ3) is 6.60. The Hall–Kier alpha value is -3.12. The Morgan fingerprint density at radius 1 is 1.05 bits per heavy atom. The van der Waals surface area contributed by atoms with Crippen molar-refractivity contribution in [1.82, 2.24) is 0 Å². The van der Waals surface area contributed by atoms with E-state index in [1.165, 1.54) is 4.88 Å². The zero-order valence-electron chi connectivity index (χ0n) is 22.8. The van der Waals surface area contributed by atoms with Crippen molar-refractivity contribution < 1.29 is 9.53 Å². The van der Waals surface area contributed by atoms with Crippen molar-refractivity contribution in [3.05, 3.63) is 110 Å². The van der Waals surface area contributed by atoms with Crippen LogP contribution < -0.4 is 10.1 Å². The summed E-state index contributed by atoms with van der Waals surface area (Å²) < 4.78 is 6.13. The average molecular weight is 592 g/mol. The highest BCUT2D eigenvalue weighted by Gasteiger charge is 2.33. The number of carbonyl (C=O) groups excluding carboxylic acids is 1. The predicted molar refractivity (Wildman–Crippen MR) is 168 cm³/mol. The molecule has 0 unspecified atom stereocenters. The number of halogens is 2. The number of ether oxygens (including phenoxy) is 1. The quantitative estimate of drug-likeness (QED) is 0.218. The Bertz CT molecular complexity index is 1540. The van der Waals surface area contributed by atoms with E-state index in [2.05, 4.69) is 26.1 Å². The minimum absolute atomic E-state index is 0.116. The predicted octanol–water partition coefficient (Wildman–Crippen LogP) is 9.79. The summed E-state index contributed by atoms with van der Waals surface area (Å²) in [5, 5.41) is 4.82. The number of benzene rings is 3. The van der Waals surface area contributed by atoms with Crippen LogP contribution in [0.1, 0.15) is 59.1 Å². The molecule has 1 aromatic heterocycles. The standard InChI is InChI=1S/C33H32Cl2N2O2S/c1-33(2,3)23-14-15-25-29(18-23)40-32(30(25)31(38)37-24-10-5-4-6-11-24)36-19-22-9-7-8-12-28(22)39-20-21-13-16-26(34)27(35)17-21/h4-13,16-17,19,23H,14-15,18,20H2,1-3H3,(H,37,38)/t23-/m1/s1. The monoisotopic (exact) mass is 590 g/mol. The number of carbonyl (C=O) groups is 1. The summed E-state index contributed by atoms with van der Waals surface area (Å²) in [4.78, 5) is 19.8. The van der Waals surface area contributed by atoms with Crippen LogP contribution in [0.2, 0.25) is 10.0 Å². The van der Waals surface area contributed by atoms with Gasteiger partial charge in [-0.25, -0.2) is 4.99 Å². The van der Waals surface area contributed by atoms with Crippen molar-refractivity contribution in [3.63, 3.8) is 0 Å². The van der Waals surface area contributed by atoms with Crippen LogP contribution in [0, 0.1) is 11.3 Å². The number of thiophene rings is 1. The van der Waals surface area contributed by atoms with Gasteiger partial charge in [0.1, 0.15) is 17.4 Å². The summed E-state index contributed by atoms with van der Waals surface area (Å²) in [6.07, 6.45) is 4.70. The summed E-state index contributed by atoms with van der Waals surface area (Å²) in [5.41, 5.74) is 4.54. The lowest BCUT2D eigenvalue weighted by molar-refractivity contribution is 0.102. The molecule has 0 aliphatic heterocycles. The van der Waals surface area contributed by atoms with E-state index in [0.29, 0.717) is 33.9 Å². The number of nitrogens with zero attached hydrogens (tertiary/aromatic N) is 1. The molecule has 0 saturated heterocycles. The summed E-state index contributed by atoms with van der Waals surface area (Å²) in [6, 6.07) is 22.8. The molecule has 1 aliphatic carbocycles. The van der Waals surface area contributed by atoms with Crippen molar-refractivity contribution in [1.29, 1.82) is 0 Å². The van der Waals surface area contributed by atoms with Gasteiger partial charge in [-0.15, -0.1) is 11.3 Å². The van der Waals surface area contributed by atoms with E-state index in [-0.39, 0.29) is 11.3 Å². The second kappa shape index (κ2) is 12.2. The molecule has 7 heteroatoms. The van der Waals surface area contributed by atoms with E-state index in [1.807, 2.05) is 60.7 Å². The third-order valence-electron chi connectivity index (χ3n) is 7.35. The first-order valence-electron chi connectivity index (χ1n) is 13.4. The fraction of sp³-hybridized carbons (Fsp3) is 0.273. The van der Waals surface area contributed by atoms with Gasteiger partial charge in [0.2, 0.25) is 0 Å². The van der Waals surface area contributed by atoms with Gasteiger partial charge in [-0.3, -0.25) is 4.79 Å². The smallest absolute Gasteiger partial charge is 0.259 e. The van der Waals surface area contributed by atoms with Gasteiger partial charge in [0, 0.05) is 22.3 Å². The Morgan fingerprint density at radius 2 is 1.80 bits per heavy atom. The summed E-state index contributed by atoms with van der Waals surface area (Å²) >= 11 is 13.9. The molecule has 5 rings (SSSR count). The topological polar surface area (TPSA) is 50.7 Å². The SMILES string of the molecule is CC(C)(C)[C@@H]1CCc2c(sc(N=Cc3ccccc3OCc3ccc(Cl)c(Cl)c3)c2C(=O)Nc2ccccc2)C1. The normalized spacial score (nSPS) is 15.2. The molecule has 40 heavy (non-hydrogen) atoms. The van der Waals surface area contributed by atoms with E-state index in [4.69, 9.17) is 32.9 Å². The minimum Gasteiger partial charge on any atom is -0.488 e. The zero-order valence-corrected chi connectivity index (χ0v) is 25.2. The second-order valence-corrected chi connectivity index (χ2v) is 13.0. The highest BCUT2D eigenvalue weighted by atomic mass is 35.5. The Morgan fingerprint density at radius 3 is 2.55 bits per heavy atom. The maximum Gasteiger partial charge on any atom is 0.259 e. The number of para-hydroxylation sites is 2. The molecule has 0 radical (unpaired) electrons. The largest absolute Gasteiger partial charge is 0.488 e. The number of fused-ring (bicyclic) bond motifs is 1. The number of hydrogen-bond donors (Lipinski definition) is 1. The zero-order chi connectivity index (χ0) is 28.3. The number of nitrogens with one attached hydrogen (secondary N) is 1. The van der Waals surface area contributed by atoms with E-state index in [9.17, 15) is 4.79 Å². The number of anilines is 1. The van der Waals surface area contributed by atoms with Crippen LogP contribution in [-0.4, -0.2) is 12.1 Å². The fourth-order valence-corrected chi connectivity index (χ4v) is 6.58.